The first kappa shape index (κ1) is 12.3. The van der Waals surface area contributed by atoms with Crippen molar-refractivity contribution >= 4 is 5.82 Å². The van der Waals surface area contributed by atoms with Crippen molar-refractivity contribution < 1.29 is 5.11 Å². The van der Waals surface area contributed by atoms with Gasteiger partial charge in [-0.05, 0) is 30.5 Å². The van der Waals surface area contributed by atoms with E-state index in [1.165, 1.54) is 0 Å². The van der Waals surface area contributed by atoms with Crippen LogP contribution in [-0.4, -0.2) is 34.2 Å². The number of pyridine rings is 1. The molecular weight excluding hydrogens is 216 g/mol. The van der Waals surface area contributed by atoms with E-state index in [4.69, 9.17) is 5.84 Å². The van der Waals surface area contributed by atoms with Crippen LogP contribution >= 0.6 is 0 Å². The molecule has 94 valence electrons. The van der Waals surface area contributed by atoms with Crippen LogP contribution in [0.15, 0.2) is 18.3 Å². The number of anilines is 1. The fraction of sp³-hybridized carbons (Fsp3) is 0.583. The minimum atomic E-state index is -0.207. The number of nitrogen functional groups attached to an aromatic ring is 1. The summed E-state index contributed by atoms with van der Waals surface area (Å²) in [5.74, 6) is 6.34. The Labute approximate surface area is 102 Å². The zero-order valence-corrected chi connectivity index (χ0v) is 10.1. The fourth-order valence-electron chi connectivity index (χ4n) is 2.12. The van der Waals surface area contributed by atoms with Gasteiger partial charge in [-0.25, -0.2) is 10.8 Å². The minimum Gasteiger partial charge on any atom is -0.392 e. The number of rotatable bonds is 3. The molecule has 4 N–H and O–H groups in total. The molecule has 1 aliphatic rings. The lowest BCUT2D eigenvalue weighted by Crippen LogP contribution is -2.42. The Morgan fingerprint density at radius 1 is 1.59 bits per heavy atom. The quantitative estimate of drug-likeness (QED) is 0.528. The number of aromatic nitrogens is 1. The number of likely N-dealkylation sites (tertiary alicyclic amines) is 1. The van der Waals surface area contributed by atoms with Crippen LogP contribution < -0.4 is 11.3 Å². The summed E-state index contributed by atoms with van der Waals surface area (Å²) >= 11 is 0. The molecule has 5 nitrogen and oxygen atoms in total. The largest absolute Gasteiger partial charge is 0.392 e. The van der Waals surface area contributed by atoms with Gasteiger partial charge in [-0.2, -0.15) is 0 Å². The number of hydrogen-bond acceptors (Lipinski definition) is 5. The van der Waals surface area contributed by atoms with Gasteiger partial charge in [0.1, 0.15) is 5.82 Å². The lowest BCUT2D eigenvalue weighted by atomic mass is 9.96. The summed E-state index contributed by atoms with van der Waals surface area (Å²) in [6.45, 7) is 4.72. The van der Waals surface area contributed by atoms with E-state index in [1.54, 1.807) is 0 Å². The molecule has 0 radical (unpaired) electrons. The predicted octanol–water partition coefficient (Wildman–Crippen LogP) is 0.570. The lowest BCUT2D eigenvalue weighted by molar-refractivity contribution is 0.0259. The van der Waals surface area contributed by atoms with Crippen molar-refractivity contribution in [3.05, 3.63) is 23.9 Å². The summed E-state index contributed by atoms with van der Waals surface area (Å²) < 4.78 is 0. The molecule has 0 bridgehead atoms. The Morgan fingerprint density at radius 3 is 3.00 bits per heavy atom. The van der Waals surface area contributed by atoms with Gasteiger partial charge in [0.15, 0.2) is 0 Å². The minimum absolute atomic E-state index is 0.207. The SMILES string of the molecule is CC1CCN(Cc2ccc(NN)nc2)CC1O. The number of hydrogen-bond donors (Lipinski definition) is 3. The molecule has 2 rings (SSSR count). The van der Waals surface area contributed by atoms with Gasteiger partial charge >= 0.3 is 0 Å². The Bertz CT molecular complexity index is 354. The molecule has 0 aromatic carbocycles. The van der Waals surface area contributed by atoms with Gasteiger partial charge in [-0.1, -0.05) is 13.0 Å². The monoisotopic (exact) mass is 236 g/mol. The van der Waals surface area contributed by atoms with E-state index in [-0.39, 0.29) is 6.10 Å². The molecule has 1 aliphatic heterocycles. The Morgan fingerprint density at radius 2 is 2.41 bits per heavy atom. The number of nitrogens with two attached hydrogens (primary N) is 1. The molecule has 2 atom stereocenters. The van der Waals surface area contributed by atoms with Crippen molar-refractivity contribution in [2.24, 2.45) is 11.8 Å². The van der Waals surface area contributed by atoms with Gasteiger partial charge in [0.2, 0.25) is 0 Å². The number of piperidine rings is 1. The summed E-state index contributed by atoms with van der Waals surface area (Å²) in [6.07, 6.45) is 2.66. The number of nitrogens with zero attached hydrogens (tertiary/aromatic N) is 2. The van der Waals surface area contributed by atoms with Crippen molar-refractivity contribution in [1.29, 1.82) is 0 Å². The Hall–Kier alpha value is -1.17. The molecule has 0 saturated carbocycles. The average molecular weight is 236 g/mol. The van der Waals surface area contributed by atoms with Crippen molar-refractivity contribution in [1.82, 2.24) is 9.88 Å². The average Bonchev–Trinajstić information content (AvgIpc) is 2.35. The van der Waals surface area contributed by atoms with Crippen molar-refractivity contribution in [2.45, 2.75) is 26.0 Å². The number of aliphatic hydroxyl groups excluding tert-OH is 1. The molecule has 1 aromatic heterocycles. The molecule has 1 saturated heterocycles. The number of aliphatic hydroxyl groups is 1. The molecule has 5 heteroatoms. The smallest absolute Gasteiger partial charge is 0.139 e. The maximum Gasteiger partial charge on any atom is 0.139 e. The first-order chi connectivity index (χ1) is 8.19. The Kier molecular flexibility index (Phi) is 3.93. The molecule has 2 heterocycles. The maximum absolute atomic E-state index is 9.82. The highest BCUT2D eigenvalue weighted by Gasteiger charge is 2.23. The summed E-state index contributed by atoms with van der Waals surface area (Å²) in [4.78, 5) is 6.43. The van der Waals surface area contributed by atoms with Gasteiger partial charge in [-0.3, -0.25) is 4.90 Å². The van der Waals surface area contributed by atoms with E-state index >= 15 is 0 Å². The van der Waals surface area contributed by atoms with Crippen LogP contribution in [0.25, 0.3) is 0 Å². The van der Waals surface area contributed by atoms with E-state index in [1.807, 2.05) is 18.3 Å². The van der Waals surface area contributed by atoms with Crippen LogP contribution in [0.2, 0.25) is 0 Å². The highest BCUT2D eigenvalue weighted by Crippen LogP contribution is 2.18. The standard InChI is InChI=1S/C12H20N4O/c1-9-4-5-16(8-11(9)17)7-10-2-3-12(15-13)14-6-10/h2-3,6,9,11,17H,4-5,7-8,13H2,1H3,(H,14,15). The number of nitrogens with one attached hydrogen (secondary N) is 1. The first-order valence-corrected chi connectivity index (χ1v) is 6.01. The van der Waals surface area contributed by atoms with Crippen molar-refractivity contribution in [3.63, 3.8) is 0 Å². The molecule has 1 fully saturated rings. The summed E-state index contributed by atoms with van der Waals surface area (Å²) in [5, 5.41) is 9.82. The molecule has 0 amide bonds. The van der Waals surface area contributed by atoms with Gasteiger partial charge in [0.05, 0.1) is 6.10 Å². The summed E-state index contributed by atoms with van der Waals surface area (Å²) in [6, 6.07) is 3.87. The van der Waals surface area contributed by atoms with E-state index in [0.717, 1.165) is 31.6 Å². The molecule has 0 spiro atoms. The highest BCUT2D eigenvalue weighted by molar-refractivity contribution is 5.33. The zero-order valence-electron chi connectivity index (χ0n) is 10.1. The van der Waals surface area contributed by atoms with Crippen LogP contribution in [0.5, 0.6) is 0 Å². The second-order valence-electron chi connectivity index (χ2n) is 4.76. The third-order valence-electron chi connectivity index (χ3n) is 3.38. The van der Waals surface area contributed by atoms with Crippen LogP contribution in [0.1, 0.15) is 18.9 Å². The van der Waals surface area contributed by atoms with E-state index in [2.05, 4.69) is 22.2 Å². The first-order valence-electron chi connectivity index (χ1n) is 6.01. The van der Waals surface area contributed by atoms with Gasteiger partial charge in [0.25, 0.3) is 0 Å². The Balaban J connectivity index is 1.92. The van der Waals surface area contributed by atoms with E-state index in [0.29, 0.717) is 11.7 Å². The van der Waals surface area contributed by atoms with E-state index < -0.39 is 0 Å². The third-order valence-corrected chi connectivity index (χ3v) is 3.38. The van der Waals surface area contributed by atoms with Gasteiger partial charge in [-0.15, -0.1) is 0 Å². The van der Waals surface area contributed by atoms with Crippen molar-refractivity contribution in [2.75, 3.05) is 18.5 Å². The second kappa shape index (κ2) is 5.44. The maximum atomic E-state index is 9.82. The van der Waals surface area contributed by atoms with E-state index in [9.17, 15) is 5.11 Å². The third kappa shape index (κ3) is 3.15. The zero-order chi connectivity index (χ0) is 12.3. The summed E-state index contributed by atoms with van der Waals surface area (Å²) in [5.41, 5.74) is 3.65. The molecular formula is C12H20N4O. The highest BCUT2D eigenvalue weighted by atomic mass is 16.3. The topological polar surface area (TPSA) is 74.4 Å². The van der Waals surface area contributed by atoms with Crippen LogP contribution in [0, 0.1) is 5.92 Å². The van der Waals surface area contributed by atoms with Gasteiger partial charge < -0.3 is 10.5 Å². The predicted molar refractivity (Wildman–Crippen MR) is 67.1 cm³/mol. The van der Waals surface area contributed by atoms with Crippen molar-refractivity contribution in [3.8, 4) is 0 Å². The molecule has 0 aliphatic carbocycles. The molecule has 1 aromatic rings. The molecule has 17 heavy (non-hydrogen) atoms. The van der Waals surface area contributed by atoms with Crippen LogP contribution in [0.4, 0.5) is 5.82 Å². The number of β-amino-alcohol motifs (C(OH)–C–C–N with tert-alkyl or cyclic N) is 1. The molecule has 2 unspecified atom stereocenters. The second-order valence-corrected chi connectivity index (χ2v) is 4.76. The van der Waals surface area contributed by atoms with Crippen LogP contribution in [-0.2, 0) is 6.54 Å². The summed E-state index contributed by atoms with van der Waals surface area (Å²) in [7, 11) is 0. The lowest BCUT2D eigenvalue weighted by Gasteiger charge is -2.34. The fourth-order valence-corrected chi connectivity index (χ4v) is 2.12. The normalized spacial score (nSPS) is 25.8. The van der Waals surface area contributed by atoms with Crippen LogP contribution in [0.3, 0.4) is 0 Å². The number of hydrazine groups is 1. The van der Waals surface area contributed by atoms with Gasteiger partial charge in [0, 0.05) is 19.3 Å².